The first-order chi connectivity index (χ1) is 11.3. The number of nitrogens with one attached hydrogen (secondary N) is 1. The number of halogens is 3. The van der Waals surface area contributed by atoms with Gasteiger partial charge in [-0.2, -0.15) is 0 Å². The van der Waals surface area contributed by atoms with E-state index in [0.29, 0.717) is 10.7 Å². The molecule has 0 aliphatic heterocycles. The van der Waals surface area contributed by atoms with Crippen LogP contribution in [-0.4, -0.2) is 29.3 Å². The second-order valence-electron chi connectivity index (χ2n) is 4.61. The number of nitrogen functional groups attached to an aromatic ring is 1. The van der Waals surface area contributed by atoms with Crippen LogP contribution in [0.2, 0.25) is 10.0 Å². The molecule has 0 bridgehead atoms. The van der Waals surface area contributed by atoms with Gasteiger partial charge in [0.15, 0.2) is 0 Å². The second-order valence-corrected chi connectivity index (χ2v) is 10.3. The molecule has 3 N–H and O–H groups in total. The van der Waals surface area contributed by atoms with Crippen LogP contribution in [0.1, 0.15) is 0 Å². The fourth-order valence-corrected chi connectivity index (χ4v) is 2.01. The van der Waals surface area contributed by atoms with Gasteiger partial charge < -0.3 is 5.73 Å². The number of benzene rings is 2. The van der Waals surface area contributed by atoms with Gasteiger partial charge in [0.05, 0.1) is 12.5 Å². The average molecular weight is 448 g/mol. The molecule has 0 aliphatic carbocycles. The van der Waals surface area contributed by atoms with E-state index in [2.05, 4.69) is 15.4 Å². The lowest BCUT2D eigenvalue weighted by molar-refractivity contribution is 0.606. The number of rotatable bonds is 2. The van der Waals surface area contributed by atoms with Gasteiger partial charge in [0, 0.05) is 32.1 Å². The van der Waals surface area contributed by atoms with Crippen LogP contribution in [0.25, 0.3) is 0 Å². The van der Waals surface area contributed by atoms with E-state index >= 15 is 0 Å². The fraction of sp³-hybridized carbons (Fsp3) is 0.143. The van der Waals surface area contributed by atoms with E-state index in [1.54, 1.807) is 48.5 Å². The SMILES string of the molecule is CS(=O)(=O)Cl.CS(=O)(=O)Nc1ccc(Cl)cc1.Nc1ccc(Cl)cc1. The lowest BCUT2D eigenvalue weighted by atomic mass is 10.3. The first-order valence-corrected chi connectivity index (χ1v) is 11.8. The molecule has 0 aromatic heterocycles. The lowest BCUT2D eigenvalue weighted by Gasteiger charge is -2.02. The van der Waals surface area contributed by atoms with E-state index in [-0.39, 0.29) is 0 Å². The highest BCUT2D eigenvalue weighted by atomic mass is 35.7. The number of anilines is 2. The van der Waals surface area contributed by atoms with Gasteiger partial charge in [-0.1, -0.05) is 23.2 Å². The third-order valence-corrected chi connectivity index (χ3v) is 3.13. The molecule has 140 valence electrons. The summed E-state index contributed by atoms with van der Waals surface area (Å²) in [5.41, 5.74) is 6.63. The Hall–Kier alpha value is -1.19. The van der Waals surface area contributed by atoms with Crippen molar-refractivity contribution >= 4 is 64.3 Å². The van der Waals surface area contributed by atoms with Gasteiger partial charge in [-0.25, -0.2) is 16.8 Å². The lowest BCUT2D eigenvalue weighted by Crippen LogP contribution is -2.09. The topological polar surface area (TPSA) is 106 Å². The quantitative estimate of drug-likeness (QED) is 0.537. The van der Waals surface area contributed by atoms with Gasteiger partial charge >= 0.3 is 0 Å². The fourth-order valence-electron chi connectivity index (χ4n) is 1.19. The minimum atomic E-state index is -3.19. The summed E-state index contributed by atoms with van der Waals surface area (Å²) in [5.74, 6) is 0. The van der Waals surface area contributed by atoms with Gasteiger partial charge in [0.2, 0.25) is 19.1 Å². The predicted octanol–water partition coefficient (Wildman–Crippen LogP) is 3.82. The number of hydrogen-bond acceptors (Lipinski definition) is 5. The maximum atomic E-state index is 10.7. The summed E-state index contributed by atoms with van der Waals surface area (Å²) >= 11 is 11.2. The highest BCUT2D eigenvalue weighted by Crippen LogP contribution is 2.13. The van der Waals surface area contributed by atoms with Crippen molar-refractivity contribution in [2.75, 3.05) is 23.0 Å². The van der Waals surface area contributed by atoms with Crippen LogP contribution in [0.5, 0.6) is 0 Å². The zero-order valence-electron chi connectivity index (χ0n) is 13.3. The zero-order valence-corrected chi connectivity index (χ0v) is 17.2. The summed E-state index contributed by atoms with van der Waals surface area (Å²) in [4.78, 5) is 0. The Morgan fingerprint density at radius 1 is 0.800 bits per heavy atom. The molecule has 2 rings (SSSR count). The van der Waals surface area contributed by atoms with E-state index < -0.39 is 19.1 Å². The molecule has 0 amide bonds. The monoisotopic (exact) mass is 446 g/mol. The Labute approximate surface area is 162 Å². The highest BCUT2D eigenvalue weighted by Gasteiger charge is 1.99. The Kier molecular flexibility index (Phi) is 10.2. The molecule has 2 aromatic carbocycles. The Bertz CT molecular complexity index is 825. The van der Waals surface area contributed by atoms with Crippen LogP contribution in [0, 0.1) is 0 Å². The molecule has 0 saturated carbocycles. The van der Waals surface area contributed by atoms with Gasteiger partial charge in [0.25, 0.3) is 0 Å². The summed E-state index contributed by atoms with van der Waals surface area (Å²) < 4.78 is 42.6. The summed E-state index contributed by atoms with van der Waals surface area (Å²) in [7, 11) is -1.88. The standard InChI is InChI=1S/C7H8ClNO2S.C6H6ClN.CH3ClO2S/c1-12(10,11)9-7-4-2-6(8)3-5-7;7-5-1-3-6(8)4-2-5;1-5(2,3)4/h2-5,9H,1H3;1-4H,8H2;1H3. The van der Waals surface area contributed by atoms with Crippen molar-refractivity contribution in [3.63, 3.8) is 0 Å². The number of sulfonamides is 1. The van der Waals surface area contributed by atoms with Crippen molar-refractivity contribution in [2.24, 2.45) is 0 Å². The van der Waals surface area contributed by atoms with Crippen LogP contribution >= 0.6 is 33.9 Å². The molecule has 6 nitrogen and oxygen atoms in total. The van der Waals surface area contributed by atoms with Crippen molar-refractivity contribution in [2.45, 2.75) is 0 Å². The van der Waals surface area contributed by atoms with Crippen LogP contribution < -0.4 is 10.5 Å². The first kappa shape index (κ1) is 23.8. The molecule has 25 heavy (non-hydrogen) atoms. The molecule has 11 heteroatoms. The summed E-state index contributed by atoms with van der Waals surface area (Å²) in [5, 5.41) is 1.30. The number of nitrogens with two attached hydrogens (primary N) is 1. The minimum Gasteiger partial charge on any atom is -0.399 e. The van der Waals surface area contributed by atoms with Crippen LogP contribution in [0.3, 0.4) is 0 Å². The van der Waals surface area contributed by atoms with Crippen LogP contribution in [0.15, 0.2) is 48.5 Å². The summed E-state index contributed by atoms with van der Waals surface area (Å²) in [6.45, 7) is 0. The first-order valence-electron chi connectivity index (χ1n) is 6.40. The minimum absolute atomic E-state index is 0.516. The Morgan fingerprint density at radius 2 is 1.12 bits per heavy atom. The van der Waals surface area contributed by atoms with Gasteiger partial charge in [0.1, 0.15) is 0 Å². The van der Waals surface area contributed by atoms with Crippen molar-refractivity contribution in [3.05, 3.63) is 58.6 Å². The molecule has 0 spiro atoms. The third kappa shape index (κ3) is 17.4. The second kappa shape index (κ2) is 10.7. The molecule has 0 atom stereocenters. The maximum Gasteiger partial charge on any atom is 0.229 e. The van der Waals surface area contributed by atoms with Crippen molar-refractivity contribution in [3.8, 4) is 0 Å². The number of hydrogen-bond donors (Lipinski definition) is 2. The zero-order chi connectivity index (χ0) is 19.7. The van der Waals surface area contributed by atoms with Crippen LogP contribution in [0.4, 0.5) is 11.4 Å². The van der Waals surface area contributed by atoms with Crippen molar-refractivity contribution in [1.82, 2.24) is 0 Å². The van der Waals surface area contributed by atoms with E-state index in [0.717, 1.165) is 23.2 Å². The van der Waals surface area contributed by atoms with Gasteiger partial charge in [-0.05, 0) is 48.5 Å². The molecule has 0 fully saturated rings. The van der Waals surface area contributed by atoms with Crippen molar-refractivity contribution in [1.29, 1.82) is 0 Å². The van der Waals surface area contributed by atoms with E-state index in [1.807, 2.05) is 0 Å². The summed E-state index contributed by atoms with van der Waals surface area (Å²) in [6, 6.07) is 13.5. The maximum absolute atomic E-state index is 10.7. The van der Waals surface area contributed by atoms with E-state index in [1.165, 1.54) is 0 Å². The normalized spacial score (nSPS) is 10.6. The smallest absolute Gasteiger partial charge is 0.229 e. The molecular weight excluding hydrogens is 431 g/mol. The molecule has 0 unspecified atom stereocenters. The third-order valence-electron chi connectivity index (χ3n) is 2.02. The van der Waals surface area contributed by atoms with E-state index in [9.17, 15) is 16.8 Å². The van der Waals surface area contributed by atoms with Crippen LogP contribution in [-0.2, 0) is 19.1 Å². The Morgan fingerprint density at radius 3 is 1.40 bits per heavy atom. The van der Waals surface area contributed by atoms with Gasteiger partial charge in [-0.15, -0.1) is 0 Å². The Balaban J connectivity index is 0.000000382. The molecule has 2 aromatic rings. The van der Waals surface area contributed by atoms with E-state index in [4.69, 9.17) is 28.9 Å². The van der Waals surface area contributed by atoms with Gasteiger partial charge in [-0.3, -0.25) is 4.72 Å². The molecular formula is C14H17Cl3N2O4S2. The molecule has 0 radical (unpaired) electrons. The predicted molar refractivity (Wildman–Crippen MR) is 106 cm³/mol. The average Bonchev–Trinajstić information content (AvgIpc) is 2.42. The molecule has 0 aliphatic rings. The molecule has 0 heterocycles. The largest absolute Gasteiger partial charge is 0.399 e. The molecule has 0 saturated heterocycles. The highest BCUT2D eigenvalue weighted by molar-refractivity contribution is 8.13. The summed E-state index contributed by atoms with van der Waals surface area (Å²) in [6.07, 6.45) is 2.02. The van der Waals surface area contributed by atoms with Crippen molar-refractivity contribution < 1.29 is 16.8 Å².